The number of aryl methyl sites for hydroxylation is 1. The fraction of sp³-hybridized carbons (Fsp3) is 0.0952. The van der Waals surface area contributed by atoms with Crippen LogP contribution in [-0.2, 0) is 6.54 Å². The maximum absolute atomic E-state index is 13.7. The first kappa shape index (κ1) is 16.9. The Kier molecular flexibility index (Phi) is 4.38. The Morgan fingerprint density at radius 3 is 2.81 bits per heavy atom. The Morgan fingerprint density at radius 1 is 1.15 bits per heavy atom. The van der Waals surface area contributed by atoms with Gasteiger partial charge in [0.2, 0.25) is 5.89 Å². The van der Waals surface area contributed by atoms with Gasteiger partial charge in [0.05, 0.1) is 5.56 Å². The van der Waals surface area contributed by atoms with Gasteiger partial charge in [0.15, 0.2) is 5.58 Å². The van der Waals surface area contributed by atoms with Gasteiger partial charge in [0.25, 0.3) is 5.91 Å². The third-order valence-electron chi connectivity index (χ3n) is 4.28. The molecule has 0 fully saturated rings. The molecule has 2 aromatic heterocycles. The number of pyridine rings is 1. The Labute approximate surface area is 154 Å². The maximum atomic E-state index is 13.7. The first-order chi connectivity index (χ1) is 13.1. The van der Waals surface area contributed by atoms with Gasteiger partial charge in [-0.2, -0.15) is 0 Å². The molecule has 0 spiro atoms. The molecule has 2 aromatic carbocycles. The van der Waals surface area contributed by atoms with Crippen LogP contribution in [0.5, 0.6) is 0 Å². The zero-order chi connectivity index (χ0) is 18.8. The molecule has 0 bridgehead atoms. The lowest BCUT2D eigenvalue weighted by Crippen LogP contribution is -2.23. The summed E-state index contributed by atoms with van der Waals surface area (Å²) in [5.41, 5.74) is 3.64. The van der Waals surface area contributed by atoms with Crippen molar-refractivity contribution in [3.63, 3.8) is 0 Å². The SMILES string of the molecule is Cc1ncccc1-c1nc2cc(C(=O)NCc3ccccc3F)ccc2o1. The highest BCUT2D eigenvalue weighted by Gasteiger charge is 2.14. The molecule has 2 heterocycles. The van der Waals surface area contributed by atoms with Gasteiger partial charge < -0.3 is 9.73 Å². The fourth-order valence-corrected chi connectivity index (χ4v) is 2.81. The van der Waals surface area contributed by atoms with Crippen LogP contribution in [0.1, 0.15) is 21.6 Å². The molecule has 0 radical (unpaired) electrons. The minimum Gasteiger partial charge on any atom is -0.436 e. The molecule has 6 heteroatoms. The molecule has 0 aliphatic rings. The number of aromatic nitrogens is 2. The fourth-order valence-electron chi connectivity index (χ4n) is 2.81. The maximum Gasteiger partial charge on any atom is 0.251 e. The number of rotatable bonds is 4. The van der Waals surface area contributed by atoms with Crippen LogP contribution < -0.4 is 5.32 Å². The average molecular weight is 361 g/mol. The summed E-state index contributed by atoms with van der Waals surface area (Å²) in [5.74, 6) is -0.192. The molecule has 0 saturated heterocycles. The van der Waals surface area contributed by atoms with E-state index in [1.165, 1.54) is 6.07 Å². The van der Waals surface area contributed by atoms with E-state index in [1.54, 1.807) is 42.6 Å². The number of nitrogens with one attached hydrogen (secondary N) is 1. The number of nitrogens with zero attached hydrogens (tertiary/aromatic N) is 2. The summed E-state index contributed by atoms with van der Waals surface area (Å²) < 4.78 is 19.5. The zero-order valence-corrected chi connectivity index (χ0v) is 14.6. The summed E-state index contributed by atoms with van der Waals surface area (Å²) in [7, 11) is 0. The highest BCUT2D eigenvalue weighted by atomic mass is 19.1. The van der Waals surface area contributed by atoms with Crippen LogP contribution in [0, 0.1) is 12.7 Å². The first-order valence-electron chi connectivity index (χ1n) is 8.46. The van der Waals surface area contributed by atoms with E-state index in [0.29, 0.717) is 28.1 Å². The lowest BCUT2D eigenvalue weighted by Gasteiger charge is -2.06. The quantitative estimate of drug-likeness (QED) is 0.589. The summed E-state index contributed by atoms with van der Waals surface area (Å²) in [5, 5.41) is 2.72. The van der Waals surface area contributed by atoms with Crippen LogP contribution in [0.3, 0.4) is 0 Å². The lowest BCUT2D eigenvalue weighted by molar-refractivity contribution is 0.0950. The van der Waals surface area contributed by atoms with Crippen molar-refractivity contribution < 1.29 is 13.6 Å². The van der Waals surface area contributed by atoms with Gasteiger partial charge in [-0.25, -0.2) is 9.37 Å². The van der Waals surface area contributed by atoms with Gasteiger partial charge in [-0.3, -0.25) is 9.78 Å². The van der Waals surface area contributed by atoms with Crippen molar-refractivity contribution >= 4 is 17.0 Å². The summed E-state index contributed by atoms with van der Waals surface area (Å²) in [6, 6.07) is 15.1. The molecule has 0 aliphatic carbocycles. The number of amides is 1. The summed E-state index contributed by atoms with van der Waals surface area (Å²) in [6.07, 6.45) is 1.71. The van der Waals surface area contributed by atoms with E-state index in [1.807, 2.05) is 19.1 Å². The van der Waals surface area contributed by atoms with Gasteiger partial charge in [0, 0.05) is 29.6 Å². The number of carbonyl (C=O) groups is 1. The van der Waals surface area contributed by atoms with E-state index >= 15 is 0 Å². The molecule has 4 aromatic rings. The van der Waals surface area contributed by atoms with Crippen molar-refractivity contribution in [2.45, 2.75) is 13.5 Å². The van der Waals surface area contributed by atoms with Crippen LogP contribution in [0.2, 0.25) is 0 Å². The summed E-state index contributed by atoms with van der Waals surface area (Å²) >= 11 is 0. The Balaban J connectivity index is 1.57. The van der Waals surface area contributed by atoms with Crippen molar-refractivity contribution in [2.24, 2.45) is 0 Å². The Bertz CT molecular complexity index is 1140. The van der Waals surface area contributed by atoms with Gasteiger partial charge in [-0.05, 0) is 43.3 Å². The summed E-state index contributed by atoms with van der Waals surface area (Å²) in [4.78, 5) is 21.1. The van der Waals surface area contributed by atoms with Crippen LogP contribution >= 0.6 is 0 Å². The Hall–Kier alpha value is -3.54. The number of hydrogen-bond donors (Lipinski definition) is 1. The lowest BCUT2D eigenvalue weighted by atomic mass is 10.1. The van der Waals surface area contributed by atoms with Gasteiger partial charge in [-0.15, -0.1) is 0 Å². The molecule has 0 atom stereocenters. The van der Waals surface area contributed by atoms with E-state index in [-0.39, 0.29) is 18.3 Å². The molecule has 1 N–H and O–H groups in total. The molecule has 134 valence electrons. The third kappa shape index (κ3) is 3.42. The number of halogens is 1. The zero-order valence-electron chi connectivity index (χ0n) is 14.6. The average Bonchev–Trinajstić information content (AvgIpc) is 3.10. The second-order valence-corrected chi connectivity index (χ2v) is 6.11. The number of hydrogen-bond acceptors (Lipinski definition) is 4. The van der Waals surface area contributed by atoms with Crippen molar-refractivity contribution in [1.82, 2.24) is 15.3 Å². The van der Waals surface area contributed by atoms with E-state index in [4.69, 9.17) is 4.42 Å². The smallest absolute Gasteiger partial charge is 0.251 e. The molecule has 1 amide bonds. The van der Waals surface area contributed by atoms with Crippen LogP contribution in [0.25, 0.3) is 22.6 Å². The molecule has 5 nitrogen and oxygen atoms in total. The van der Waals surface area contributed by atoms with Crippen molar-refractivity contribution in [3.8, 4) is 11.5 Å². The first-order valence-corrected chi connectivity index (χ1v) is 8.46. The molecule has 4 rings (SSSR count). The molecule has 0 unspecified atom stereocenters. The molecule has 0 saturated carbocycles. The van der Waals surface area contributed by atoms with Gasteiger partial charge in [0.1, 0.15) is 11.3 Å². The molecular formula is C21H16FN3O2. The van der Waals surface area contributed by atoms with E-state index < -0.39 is 0 Å². The van der Waals surface area contributed by atoms with Gasteiger partial charge >= 0.3 is 0 Å². The van der Waals surface area contributed by atoms with Crippen LogP contribution in [0.4, 0.5) is 4.39 Å². The molecule has 0 aliphatic heterocycles. The largest absolute Gasteiger partial charge is 0.436 e. The van der Waals surface area contributed by atoms with E-state index in [9.17, 15) is 9.18 Å². The van der Waals surface area contributed by atoms with Crippen molar-refractivity contribution in [3.05, 3.63) is 83.4 Å². The monoisotopic (exact) mass is 361 g/mol. The van der Waals surface area contributed by atoms with Crippen LogP contribution in [0.15, 0.2) is 65.2 Å². The predicted molar refractivity (Wildman–Crippen MR) is 99.5 cm³/mol. The second kappa shape index (κ2) is 6.99. The third-order valence-corrected chi connectivity index (χ3v) is 4.28. The number of benzene rings is 2. The van der Waals surface area contributed by atoms with Crippen molar-refractivity contribution in [2.75, 3.05) is 0 Å². The minimum atomic E-state index is -0.346. The predicted octanol–water partition coefficient (Wildman–Crippen LogP) is 4.27. The highest BCUT2D eigenvalue weighted by Crippen LogP contribution is 2.26. The summed E-state index contributed by atoms with van der Waals surface area (Å²) in [6.45, 7) is 1.99. The van der Waals surface area contributed by atoms with E-state index in [2.05, 4.69) is 15.3 Å². The number of carbonyl (C=O) groups excluding carboxylic acids is 1. The number of fused-ring (bicyclic) bond motifs is 1. The standard InChI is InChI=1S/C21H16FN3O2/c1-13-16(6-4-10-23-13)21-25-18-11-14(8-9-19(18)27-21)20(26)24-12-15-5-2-3-7-17(15)22/h2-11H,12H2,1H3,(H,24,26). The normalized spacial score (nSPS) is 10.9. The van der Waals surface area contributed by atoms with Crippen LogP contribution in [-0.4, -0.2) is 15.9 Å². The molecule has 27 heavy (non-hydrogen) atoms. The van der Waals surface area contributed by atoms with E-state index in [0.717, 1.165) is 11.3 Å². The van der Waals surface area contributed by atoms with Gasteiger partial charge in [-0.1, -0.05) is 18.2 Å². The number of oxazole rings is 1. The minimum absolute atomic E-state index is 0.114. The van der Waals surface area contributed by atoms with Crippen molar-refractivity contribution in [1.29, 1.82) is 0 Å². The topological polar surface area (TPSA) is 68.0 Å². The highest BCUT2D eigenvalue weighted by molar-refractivity contribution is 5.97. The second-order valence-electron chi connectivity index (χ2n) is 6.11. The Morgan fingerprint density at radius 2 is 2.00 bits per heavy atom. The molecular weight excluding hydrogens is 345 g/mol.